The van der Waals surface area contributed by atoms with Crippen LogP contribution in [0.25, 0.3) is 0 Å². The van der Waals surface area contributed by atoms with E-state index in [1.807, 2.05) is 5.32 Å². The number of benzene rings is 3. The van der Waals surface area contributed by atoms with Crippen molar-refractivity contribution in [3.63, 3.8) is 0 Å². The predicted octanol–water partition coefficient (Wildman–Crippen LogP) is 7.30. The topological polar surface area (TPSA) is 90.7 Å². The summed E-state index contributed by atoms with van der Waals surface area (Å²) in [5.74, 6) is -10.2. The normalized spacial score (nSPS) is 13.1. The number of alkyl halides is 6. The van der Waals surface area contributed by atoms with Gasteiger partial charge < -0.3 is 14.8 Å². The second kappa shape index (κ2) is 11.1. The highest BCUT2D eigenvalue weighted by Gasteiger charge is 2.60. The molecule has 40 heavy (non-hydrogen) atoms. The first-order valence-electron chi connectivity index (χ1n) is 10.4. The van der Waals surface area contributed by atoms with Crippen LogP contribution in [0.3, 0.4) is 0 Å². The molecule has 0 heterocycles. The summed E-state index contributed by atoms with van der Waals surface area (Å²) >= 11 is 5.90. The maximum atomic E-state index is 15.8. The Bertz CT molecular complexity index is 1490. The van der Waals surface area contributed by atoms with Crippen LogP contribution < -0.4 is 14.8 Å². The Balaban J connectivity index is 2.23. The molecule has 0 bridgehead atoms. The van der Waals surface area contributed by atoms with Gasteiger partial charge in [-0.2, -0.15) is 22.0 Å². The highest BCUT2D eigenvalue weighted by Crippen LogP contribution is 2.51. The van der Waals surface area contributed by atoms with E-state index < -0.39 is 91.3 Å². The number of hydrogen-bond donors (Lipinski definition) is 1. The molecular formula is C23H12ClF9N2O5. The monoisotopic (exact) mass is 602 g/mol. The zero-order valence-corrected chi connectivity index (χ0v) is 20.1. The predicted molar refractivity (Wildman–Crippen MR) is 120 cm³/mol. The van der Waals surface area contributed by atoms with Crippen LogP contribution in [0.2, 0.25) is 5.02 Å². The first-order valence-corrected chi connectivity index (χ1v) is 10.7. The second-order valence-electron chi connectivity index (χ2n) is 7.66. The van der Waals surface area contributed by atoms with Gasteiger partial charge in [-0.3, -0.25) is 14.9 Å². The van der Waals surface area contributed by atoms with Crippen molar-refractivity contribution in [2.24, 2.45) is 0 Å². The van der Waals surface area contributed by atoms with E-state index in [1.54, 1.807) is 0 Å². The third-order valence-corrected chi connectivity index (χ3v) is 5.64. The van der Waals surface area contributed by atoms with Crippen molar-refractivity contribution in [1.29, 1.82) is 0 Å². The smallest absolute Gasteiger partial charge is 0.431 e. The lowest BCUT2D eigenvalue weighted by molar-refractivity contribution is -0.385. The number of nitro groups is 1. The summed E-state index contributed by atoms with van der Waals surface area (Å²) in [7, 11) is 0.960. The molecule has 1 N–H and O–H groups in total. The number of nitro benzene ring substituents is 1. The van der Waals surface area contributed by atoms with Gasteiger partial charge in [0.15, 0.2) is 23.2 Å². The van der Waals surface area contributed by atoms with Crippen molar-refractivity contribution in [1.82, 2.24) is 0 Å². The van der Waals surface area contributed by atoms with Gasteiger partial charge in [0.25, 0.3) is 11.6 Å². The third-order valence-electron chi connectivity index (χ3n) is 5.34. The first kappa shape index (κ1) is 30.3. The van der Waals surface area contributed by atoms with Gasteiger partial charge in [0.2, 0.25) is 5.75 Å². The summed E-state index contributed by atoms with van der Waals surface area (Å²) in [6.45, 7) is -3.80. The van der Waals surface area contributed by atoms with E-state index >= 15 is 4.39 Å². The number of amides is 1. The van der Waals surface area contributed by atoms with Crippen molar-refractivity contribution in [2.45, 2.75) is 18.5 Å². The first-order chi connectivity index (χ1) is 18.5. The summed E-state index contributed by atoms with van der Waals surface area (Å²) in [4.78, 5) is 23.1. The number of rotatable bonds is 8. The minimum Gasteiger partial charge on any atom is -0.490 e. The second-order valence-corrected chi connectivity index (χ2v) is 8.07. The average molecular weight is 603 g/mol. The van der Waals surface area contributed by atoms with Crippen molar-refractivity contribution in [3.05, 3.63) is 91.7 Å². The van der Waals surface area contributed by atoms with Gasteiger partial charge >= 0.3 is 18.5 Å². The Kier molecular flexibility index (Phi) is 8.43. The molecule has 0 aromatic heterocycles. The van der Waals surface area contributed by atoms with Crippen LogP contribution in [-0.4, -0.2) is 30.7 Å². The zero-order chi connectivity index (χ0) is 30.2. The maximum Gasteiger partial charge on any atom is 0.431 e. The molecule has 1 amide bonds. The molecule has 17 heteroatoms. The Morgan fingerprint density at radius 2 is 1.70 bits per heavy atom. The molecule has 0 saturated heterocycles. The molecule has 1 atom stereocenters. The highest BCUT2D eigenvalue weighted by molar-refractivity contribution is 6.34. The molecule has 0 aliphatic carbocycles. The van der Waals surface area contributed by atoms with Crippen LogP contribution in [0.15, 0.2) is 42.5 Å². The largest absolute Gasteiger partial charge is 0.490 e. The summed E-state index contributed by atoms with van der Waals surface area (Å²) in [6, 6.07) is 3.09. The number of ether oxygens (including phenoxy) is 2. The maximum absolute atomic E-state index is 15.8. The van der Waals surface area contributed by atoms with Crippen molar-refractivity contribution < 1.29 is 58.7 Å². The van der Waals surface area contributed by atoms with Crippen LogP contribution >= 0.6 is 11.6 Å². The number of para-hydroxylation sites is 1. The molecule has 0 saturated carbocycles. The number of hydrogen-bond acceptors (Lipinski definition) is 5. The fourth-order valence-electron chi connectivity index (χ4n) is 3.60. The van der Waals surface area contributed by atoms with E-state index in [1.165, 1.54) is 0 Å². The van der Waals surface area contributed by atoms with Crippen LogP contribution in [0.4, 0.5) is 50.9 Å². The van der Waals surface area contributed by atoms with Crippen LogP contribution in [0.1, 0.15) is 21.5 Å². The number of carbonyl (C=O) groups excluding carboxylic acids is 1. The van der Waals surface area contributed by atoms with Gasteiger partial charge in [0.1, 0.15) is 5.69 Å². The lowest BCUT2D eigenvalue weighted by Crippen LogP contribution is -2.40. The molecule has 0 aliphatic heterocycles. The van der Waals surface area contributed by atoms with E-state index in [2.05, 4.69) is 4.74 Å². The highest BCUT2D eigenvalue weighted by atomic mass is 35.5. The van der Waals surface area contributed by atoms with Gasteiger partial charge in [-0.05, 0) is 30.3 Å². The average Bonchev–Trinajstić information content (AvgIpc) is 2.87. The standard InChI is InChI=1S/C23H12ClF9N2O5/c1-39-19-10(3-2-4-14(19)35(37)38)20(36)34-18-12(24)7-9(8-15(18)40-21(28)29)22(30,23(31,32)33)11-5-6-13(25)17(27)16(11)26/h2-8,21H,1H3,(H,34,36). The van der Waals surface area contributed by atoms with Gasteiger partial charge in [-0.25, -0.2) is 17.6 Å². The number of nitrogens with one attached hydrogen (secondary N) is 1. The van der Waals surface area contributed by atoms with E-state index in [0.29, 0.717) is 0 Å². The Hall–Kier alpha value is -4.21. The van der Waals surface area contributed by atoms with Gasteiger partial charge in [-0.15, -0.1) is 0 Å². The number of halogens is 10. The van der Waals surface area contributed by atoms with Crippen molar-refractivity contribution in [3.8, 4) is 11.5 Å². The number of nitrogens with zero attached hydrogens (tertiary/aromatic N) is 1. The van der Waals surface area contributed by atoms with Crippen molar-refractivity contribution >= 4 is 28.9 Å². The molecule has 0 spiro atoms. The minimum absolute atomic E-state index is 0.00696. The van der Waals surface area contributed by atoms with Gasteiger partial charge in [-0.1, -0.05) is 17.7 Å². The molecular weight excluding hydrogens is 591 g/mol. The molecule has 214 valence electrons. The molecule has 3 aromatic carbocycles. The van der Waals surface area contributed by atoms with Crippen LogP contribution in [-0.2, 0) is 5.67 Å². The Labute approximate surface area is 222 Å². The summed E-state index contributed by atoms with van der Waals surface area (Å²) in [5, 5.41) is 12.0. The summed E-state index contributed by atoms with van der Waals surface area (Å²) in [6.07, 6.45) is -6.11. The summed E-state index contributed by atoms with van der Waals surface area (Å²) < 4.78 is 134. The van der Waals surface area contributed by atoms with Gasteiger partial charge in [0.05, 0.1) is 22.6 Å². The van der Waals surface area contributed by atoms with E-state index in [4.69, 9.17) is 16.3 Å². The molecule has 0 aliphatic rings. The van der Waals surface area contributed by atoms with Crippen LogP contribution in [0.5, 0.6) is 11.5 Å². The number of anilines is 1. The van der Waals surface area contributed by atoms with Gasteiger partial charge in [0, 0.05) is 17.2 Å². The van der Waals surface area contributed by atoms with Crippen LogP contribution in [0, 0.1) is 27.6 Å². The number of carbonyl (C=O) groups is 1. The van der Waals surface area contributed by atoms with E-state index in [-0.39, 0.29) is 24.3 Å². The fraction of sp³-hybridized carbons (Fsp3) is 0.174. The molecule has 3 aromatic rings. The minimum atomic E-state index is -6.11. The zero-order valence-electron chi connectivity index (χ0n) is 19.4. The fourth-order valence-corrected chi connectivity index (χ4v) is 3.86. The lowest BCUT2D eigenvalue weighted by atomic mass is 9.86. The molecule has 3 rings (SSSR count). The van der Waals surface area contributed by atoms with Crippen molar-refractivity contribution in [2.75, 3.05) is 12.4 Å². The SMILES string of the molecule is COc1c(C(=O)Nc2c(Cl)cc(C(F)(c3ccc(F)c(F)c3F)C(F)(F)F)cc2OC(F)F)cccc1[N+](=O)[O-]. The Morgan fingerprint density at radius 1 is 1.05 bits per heavy atom. The van der Waals surface area contributed by atoms with E-state index in [9.17, 15) is 50.0 Å². The quantitative estimate of drug-likeness (QED) is 0.126. The summed E-state index contributed by atoms with van der Waals surface area (Å²) in [5.41, 5.74) is -11.0. The molecule has 1 unspecified atom stereocenters. The Morgan fingerprint density at radius 3 is 2.25 bits per heavy atom. The molecule has 7 nitrogen and oxygen atoms in total. The molecule has 0 radical (unpaired) electrons. The molecule has 0 fully saturated rings. The van der Waals surface area contributed by atoms with E-state index in [0.717, 1.165) is 25.3 Å². The lowest BCUT2D eigenvalue weighted by Gasteiger charge is -2.30. The third kappa shape index (κ3) is 5.43. The number of methoxy groups -OCH3 is 1.